The van der Waals surface area contributed by atoms with Crippen molar-refractivity contribution < 1.29 is 8.42 Å². The Labute approximate surface area is 192 Å². The minimum absolute atomic E-state index is 0.0925. The van der Waals surface area contributed by atoms with Crippen LogP contribution in [0.5, 0.6) is 0 Å². The molecule has 1 fully saturated rings. The summed E-state index contributed by atoms with van der Waals surface area (Å²) in [5.41, 5.74) is 2.50. The number of hydrogen-bond donors (Lipinski definition) is 2. The largest absolute Gasteiger partial charge is 0.316 e. The van der Waals surface area contributed by atoms with Crippen molar-refractivity contribution in [1.29, 1.82) is 0 Å². The van der Waals surface area contributed by atoms with E-state index in [0.717, 1.165) is 44.5 Å². The molecule has 170 valence electrons. The van der Waals surface area contributed by atoms with E-state index in [0.29, 0.717) is 5.92 Å². The minimum Gasteiger partial charge on any atom is -0.316 e. The van der Waals surface area contributed by atoms with Crippen molar-refractivity contribution in [2.24, 2.45) is 5.92 Å². The molecule has 31 heavy (non-hydrogen) atoms. The van der Waals surface area contributed by atoms with Gasteiger partial charge in [0.15, 0.2) is 0 Å². The molecule has 0 bridgehead atoms. The van der Waals surface area contributed by atoms with Gasteiger partial charge in [0.05, 0.1) is 4.75 Å². The molecule has 0 saturated heterocycles. The molecule has 0 heterocycles. The predicted molar refractivity (Wildman–Crippen MR) is 133 cm³/mol. The molecule has 1 saturated carbocycles. The van der Waals surface area contributed by atoms with Crippen LogP contribution >= 0.6 is 11.8 Å². The maximum absolute atomic E-state index is 12.3. The van der Waals surface area contributed by atoms with Crippen molar-refractivity contribution in [1.82, 2.24) is 10.0 Å². The minimum atomic E-state index is -3.25. The van der Waals surface area contributed by atoms with E-state index in [2.05, 4.69) is 58.6 Å². The maximum Gasteiger partial charge on any atom is 0.216 e. The van der Waals surface area contributed by atoms with Gasteiger partial charge in [-0.3, -0.25) is 0 Å². The topological polar surface area (TPSA) is 58.2 Å². The molecule has 0 aromatic heterocycles. The summed E-state index contributed by atoms with van der Waals surface area (Å²) in [5.74, 6) is 1.69. The summed E-state index contributed by atoms with van der Waals surface area (Å²) >= 11 is 1.88. The second-order valence-electron chi connectivity index (χ2n) is 9.39. The first-order valence-electron chi connectivity index (χ1n) is 11.3. The summed E-state index contributed by atoms with van der Waals surface area (Å²) in [7, 11) is -3.25. The van der Waals surface area contributed by atoms with E-state index in [9.17, 15) is 8.42 Å². The maximum atomic E-state index is 12.3. The Hall–Kier alpha value is -1.34. The van der Waals surface area contributed by atoms with Crippen molar-refractivity contribution in [3.05, 3.63) is 54.6 Å². The van der Waals surface area contributed by atoms with Crippen LogP contribution in [-0.2, 0) is 10.0 Å². The van der Waals surface area contributed by atoms with Gasteiger partial charge in [-0.25, -0.2) is 13.1 Å². The Morgan fingerprint density at radius 2 is 1.52 bits per heavy atom. The highest BCUT2D eigenvalue weighted by atomic mass is 32.2. The third kappa shape index (κ3) is 7.35. The lowest BCUT2D eigenvalue weighted by Gasteiger charge is -2.31. The Kier molecular flexibility index (Phi) is 8.62. The van der Waals surface area contributed by atoms with Gasteiger partial charge < -0.3 is 5.32 Å². The second-order valence-corrected chi connectivity index (χ2v) is 13.0. The van der Waals surface area contributed by atoms with E-state index < -0.39 is 14.8 Å². The van der Waals surface area contributed by atoms with Crippen LogP contribution in [0.4, 0.5) is 0 Å². The van der Waals surface area contributed by atoms with Gasteiger partial charge in [0.2, 0.25) is 10.0 Å². The summed E-state index contributed by atoms with van der Waals surface area (Å²) in [5, 5.41) is 3.59. The fourth-order valence-electron chi connectivity index (χ4n) is 3.80. The van der Waals surface area contributed by atoms with Crippen LogP contribution in [0.1, 0.15) is 46.5 Å². The second kappa shape index (κ2) is 11.0. The third-order valence-electron chi connectivity index (χ3n) is 5.92. The van der Waals surface area contributed by atoms with E-state index in [1.54, 1.807) is 20.8 Å². The van der Waals surface area contributed by atoms with Crippen molar-refractivity contribution in [3.8, 4) is 11.1 Å². The molecule has 4 nitrogen and oxygen atoms in total. The monoisotopic (exact) mass is 460 g/mol. The van der Waals surface area contributed by atoms with E-state index in [4.69, 9.17) is 0 Å². The first-order valence-corrected chi connectivity index (χ1v) is 13.7. The lowest BCUT2D eigenvalue weighted by atomic mass is 9.86. The smallest absolute Gasteiger partial charge is 0.216 e. The first kappa shape index (κ1) is 24.3. The molecule has 2 N–H and O–H groups in total. The van der Waals surface area contributed by atoms with Gasteiger partial charge in [-0.05, 0) is 82.2 Å². The van der Waals surface area contributed by atoms with Crippen molar-refractivity contribution >= 4 is 21.8 Å². The fourth-order valence-corrected chi connectivity index (χ4v) is 5.64. The van der Waals surface area contributed by atoms with Crippen LogP contribution < -0.4 is 10.0 Å². The van der Waals surface area contributed by atoms with Crippen LogP contribution in [0.2, 0.25) is 0 Å². The molecule has 0 atom stereocenters. The number of hydrogen-bond acceptors (Lipinski definition) is 4. The van der Waals surface area contributed by atoms with Gasteiger partial charge in [-0.2, -0.15) is 0 Å². The van der Waals surface area contributed by atoms with Gasteiger partial charge >= 0.3 is 0 Å². The molecule has 0 amide bonds. The van der Waals surface area contributed by atoms with E-state index >= 15 is 0 Å². The van der Waals surface area contributed by atoms with E-state index in [1.165, 1.54) is 16.0 Å². The Morgan fingerprint density at radius 3 is 2.13 bits per heavy atom. The standard InChI is InChI=1S/C25H36N2O2S2/c1-25(2,3)31(28,29)27-23-13-9-20(10-14-23)19-26-17-18-30-24-15-11-22(12-16-24)21-7-5-4-6-8-21/h4-8,11-12,15-16,20,23,26-27H,9-10,13-14,17-19H2,1-3H3. The first-order chi connectivity index (χ1) is 14.7. The normalized spacial score (nSPS) is 20.0. The molecule has 2 aromatic rings. The van der Waals surface area contributed by atoms with Crippen LogP contribution in [-0.4, -0.2) is 38.0 Å². The average Bonchev–Trinajstić information content (AvgIpc) is 2.75. The zero-order chi connectivity index (χ0) is 22.3. The summed E-state index contributed by atoms with van der Waals surface area (Å²) in [6, 6.07) is 19.3. The van der Waals surface area contributed by atoms with Crippen LogP contribution in [0.25, 0.3) is 11.1 Å². The van der Waals surface area contributed by atoms with Gasteiger partial charge in [-0.15, -0.1) is 11.8 Å². The van der Waals surface area contributed by atoms with Crippen LogP contribution in [0, 0.1) is 5.92 Å². The molecule has 6 heteroatoms. The quantitative estimate of drug-likeness (QED) is 0.393. The van der Waals surface area contributed by atoms with Crippen LogP contribution in [0.3, 0.4) is 0 Å². The Bertz CT molecular complexity index is 899. The molecular weight excluding hydrogens is 424 g/mol. The summed E-state index contributed by atoms with van der Waals surface area (Å²) in [4.78, 5) is 1.30. The highest BCUT2D eigenvalue weighted by Gasteiger charge is 2.32. The van der Waals surface area contributed by atoms with Gasteiger partial charge in [0, 0.05) is 23.2 Å². The highest BCUT2D eigenvalue weighted by molar-refractivity contribution is 7.99. The predicted octanol–water partition coefficient (Wildman–Crippen LogP) is 5.31. The lowest BCUT2D eigenvalue weighted by molar-refractivity contribution is 0.303. The van der Waals surface area contributed by atoms with Gasteiger partial charge in [-0.1, -0.05) is 42.5 Å². The lowest BCUT2D eigenvalue weighted by Crippen LogP contribution is -2.46. The van der Waals surface area contributed by atoms with Gasteiger partial charge in [0.25, 0.3) is 0 Å². The Morgan fingerprint density at radius 1 is 0.903 bits per heavy atom. The Balaban J connectivity index is 1.31. The van der Waals surface area contributed by atoms with Gasteiger partial charge in [0.1, 0.15) is 0 Å². The molecule has 0 aliphatic heterocycles. The van der Waals surface area contributed by atoms with E-state index in [-0.39, 0.29) is 6.04 Å². The molecule has 2 aromatic carbocycles. The fraction of sp³-hybridized carbons (Fsp3) is 0.520. The third-order valence-corrected chi connectivity index (χ3v) is 9.19. The SMILES string of the molecule is CC(C)(C)S(=O)(=O)NC1CCC(CNCCSc2ccc(-c3ccccc3)cc2)CC1. The van der Waals surface area contributed by atoms with Crippen LogP contribution in [0.15, 0.2) is 59.5 Å². The zero-order valence-electron chi connectivity index (χ0n) is 18.9. The average molecular weight is 461 g/mol. The summed E-state index contributed by atoms with van der Waals surface area (Å²) in [6.07, 6.45) is 4.03. The molecule has 0 radical (unpaired) electrons. The van der Waals surface area contributed by atoms with Crippen molar-refractivity contribution in [3.63, 3.8) is 0 Å². The molecule has 0 unspecified atom stereocenters. The zero-order valence-corrected chi connectivity index (χ0v) is 20.6. The number of sulfonamides is 1. The molecule has 0 spiro atoms. The molecule has 3 rings (SSSR count). The number of thioether (sulfide) groups is 1. The number of rotatable bonds is 9. The summed E-state index contributed by atoms with van der Waals surface area (Å²) in [6.45, 7) is 7.26. The van der Waals surface area contributed by atoms with E-state index in [1.807, 2.05) is 17.8 Å². The van der Waals surface area contributed by atoms with Crippen molar-refractivity contribution in [2.45, 2.75) is 62.1 Å². The number of benzene rings is 2. The highest BCUT2D eigenvalue weighted by Crippen LogP contribution is 2.26. The van der Waals surface area contributed by atoms with Crippen molar-refractivity contribution in [2.75, 3.05) is 18.8 Å². The molecule has 1 aliphatic rings. The number of nitrogens with one attached hydrogen (secondary N) is 2. The summed E-state index contributed by atoms with van der Waals surface area (Å²) < 4.78 is 26.8. The molecular formula is C25H36N2O2S2. The molecule has 1 aliphatic carbocycles.